The summed E-state index contributed by atoms with van der Waals surface area (Å²) in [7, 11) is 0. The molecule has 0 radical (unpaired) electrons. The van der Waals surface area contributed by atoms with Crippen molar-refractivity contribution in [2.45, 2.75) is 52.2 Å². The van der Waals surface area contributed by atoms with E-state index >= 15 is 0 Å². The highest BCUT2D eigenvalue weighted by atomic mass is 19.3. The smallest absolute Gasteiger partial charge is 0.387 e. The van der Waals surface area contributed by atoms with Crippen molar-refractivity contribution in [2.24, 2.45) is 11.8 Å². The average molecular weight is 297 g/mol. The van der Waals surface area contributed by atoms with Crippen LogP contribution >= 0.6 is 0 Å². The molecule has 0 heterocycles. The SMILES string of the molecule is CCNC(c1cccc(OC(F)F)c1)C1CCCC(C)C1. The second kappa shape index (κ2) is 7.74. The van der Waals surface area contributed by atoms with E-state index in [1.54, 1.807) is 18.2 Å². The van der Waals surface area contributed by atoms with Crippen molar-refractivity contribution >= 4 is 0 Å². The summed E-state index contributed by atoms with van der Waals surface area (Å²) in [4.78, 5) is 0. The van der Waals surface area contributed by atoms with Crippen LogP contribution in [0.15, 0.2) is 24.3 Å². The number of halogens is 2. The van der Waals surface area contributed by atoms with Crippen LogP contribution in [0.25, 0.3) is 0 Å². The second-order valence-electron chi connectivity index (χ2n) is 6.02. The van der Waals surface area contributed by atoms with Gasteiger partial charge in [-0.15, -0.1) is 0 Å². The van der Waals surface area contributed by atoms with Crippen molar-refractivity contribution in [3.05, 3.63) is 29.8 Å². The normalized spacial score (nSPS) is 24.0. The maximum atomic E-state index is 12.4. The molecular formula is C17H25F2NO. The summed E-state index contributed by atoms with van der Waals surface area (Å²) < 4.78 is 29.3. The zero-order valence-corrected chi connectivity index (χ0v) is 12.8. The van der Waals surface area contributed by atoms with Crippen LogP contribution in [-0.4, -0.2) is 13.2 Å². The van der Waals surface area contributed by atoms with E-state index in [4.69, 9.17) is 0 Å². The zero-order valence-electron chi connectivity index (χ0n) is 12.8. The lowest BCUT2D eigenvalue weighted by Crippen LogP contribution is -2.31. The van der Waals surface area contributed by atoms with Crippen molar-refractivity contribution in [2.75, 3.05) is 6.54 Å². The first-order chi connectivity index (χ1) is 10.1. The van der Waals surface area contributed by atoms with Crippen LogP contribution in [0.3, 0.4) is 0 Å². The van der Waals surface area contributed by atoms with E-state index in [9.17, 15) is 8.78 Å². The summed E-state index contributed by atoms with van der Waals surface area (Å²) >= 11 is 0. The monoisotopic (exact) mass is 297 g/mol. The molecule has 1 aliphatic rings. The van der Waals surface area contributed by atoms with Gasteiger partial charge in [0.15, 0.2) is 0 Å². The van der Waals surface area contributed by atoms with Gasteiger partial charge in [-0.2, -0.15) is 8.78 Å². The standard InChI is InChI=1S/C17H25F2NO/c1-3-20-16(13-7-4-6-12(2)10-13)14-8-5-9-15(11-14)21-17(18)19/h5,8-9,11-13,16-17,20H,3-4,6-7,10H2,1-2H3. The summed E-state index contributed by atoms with van der Waals surface area (Å²) in [5.41, 5.74) is 1.05. The number of hydrogen-bond donors (Lipinski definition) is 1. The quantitative estimate of drug-likeness (QED) is 0.817. The van der Waals surface area contributed by atoms with Gasteiger partial charge < -0.3 is 10.1 Å². The molecule has 2 rings (SSSR count). The van der Waals surface area contributed by atoms with E-state index in [2.05, 4.69) is 23.9 Å². The van der Waals surface area contributed by atoms with Crippen LogP contribution in [0.4, 0.5) is 8.78 Å². The Labute approximate surface area is 125 Å². The molecule has 1 saturated carbocycles. The summed E-state index contributed by atoms with van der Waals surface area (Å²) in [5.74, 6) is 1.55. The first-order valence-corrected chi connectivity index (χ1v) is 7.88. The van der Waals surface area contributed by atoms with Gasteiger partial charge in [0, 0.05) is 6.04 Å². The predicted octanol–water partition coefficient (Wildman–Crippen LogP) is 4.76. The Morgan fingerprint density at radius 3 is 2.81 bits per heavy atom. The molecular weight excluding hydrogens is 272 g/mol. The number of nitrogens with one attached hydrogen (secondary N) is 1. The Balaban J connectivity index is 2.16. The number of rotatable bonds is 6. The van der Waals surface area contributed by atoms with E-state index in [0.717, 1.165) is 18.0 Å². The fraction of sp³-hybridized carbons (Fsp3) is 0.647. The maximum Gasteiger partial charge on any atom is 0.387 e. The molecule has 1 aromatic rings. The molecule has 0 bridgehead atoms. The molecule has 1 aliphatic carbocycles. The number of hydrogen-bond acceptors (Lipinski definition) is 2. The molecule has 2 nitrogen and oxygen atoms in total. The summed E-state index contributed by atoms with van der Waals surface area (Å²) in [6, 6.07) is 7.36. The third-order valence-electron chi connectivity index (χ3n) is 4.31. The Hall–Kier alpha value is -1.16. The van der Waals surface area contributed by atoms with Crippen LogP contribution in [0.2, 0.25) is 0 Å². The summed E-state index contributed by atoms with van der Waals surface area (Å²) in [6.45, 7) is 2.48. The van der Waals surface area contributed by atoms with E-state index < -0.39 is 6.61 Å². The zero-order chi connectivity index (χ0) is 15.2. The van der Waals surface area contributed by atoms with Gasteiger partial charge in [0.1, 0.15) is 5.75 Å². The summed E-state index contributed by atoms with van der Waals surface area (Å²) in [6.07, 6.45) is 4.93. The highest BCUT2D eigenvalue weighted by Gasteiger charge is 2.27. The van der Waals surface area contributed by atoms with Gasteiger partial charge in [-0.3, -0.25) is 0 Å². The van der Waals surface area contributed by atoms with Gasteiger partial charge in [0.05, 0.1) is 0 Å². The average Bonchev–Trinajstić information content (AvgIpc) is 2.44. The van der Waals surface area contributed by atoms with Crippen LogP contribution < -0.4 is 10.1 Å². The molecule has 1 fully saturated rings. The lowest BCUT2D eigenvalue weighted by molar-refractivity contribution is -0.0499. The predicted molar refractivity (Wildman–Crippen MR) is 80.6 cm³/mol. The maximum absolute atomic E-state index is 12.4. The number of ether oxygens (including phenoxy) is 1. The van der Waals surface area contributed by atoms with Crippen LogP contribution in [0.5, 0.6) is 5.75 Å². The fourth-order valence-electron chi connectivity index (χ4n) is 3.44. The van der Waals surface area contributed by atoms with Crippen molar-refractivity contribution in [3.8, 4) is 5.75 Å². The van der Waals surface area contributed by atoms with Gasteiger partial charge in [-0.25, -0.2) is 0 Å². The highest BCUT2D eigenvalue weighted by molar-refractivity contribution is 5.31. The van der Waals surface area contributed by atoms with Crippen molar-refractivity contribution < 1.29 is 13.5 Å². The van der Waals surface area contributed by atoms with E-state index in [-0.39, 0.29) is 11.8 Å². The van der Waals surface area contributed by atoms with Crippen LogP contribution in [0.1, 0.15) is 51.1 Å². The second-order valence-corrected chi connectivity index (χ2v) is 6.02. The van der Waals surface area contributed by atoms with Gasteiger partial charge in [-0.1, -0.05) is 38.8 Å². The van der Waals surface area contributed by atoms with E-state index in [1.807, 2.05) is 6.07 Å². The molecule has 1 aromatic carbocycles. The first kappa shape index (κ1) is 16.2. The van der Waals surface area contributed by atoms with E-state index in [1.165, 1.54) is 25.7 Å². The minimum atomic E-state index is -2.77. The van der Waals surface area contributed by atoms with Crippen molar-refractivity contribution in [1.82, 2.24) is 5.32 Å². The third kappa shape index (κ3) is 4.67. The Morgan fingerprint density at radius 2 is 2.14 bits per heavy atom. The topological polar surface area (TPSA) is 21.3 Å². The molecule has 0 amide bonds. The molecule has 3 atom stereocenters. The third-order valence-corrected chi connectivity index (χ3v) is 4.31. The van der Waals surface area contributed by atoms with Crippen molar-refractivity contribution in [1.29, 1.82) is 0 Å². The molecule has 1 N–H and O–H groups in total. The Bertz CT molecular complexity index is 439. The number of alkyl halides is 2. The minimum Gasteiger partial charge on any atom is -0.435 e. The fourth-order valence-corrected chi connectivity index (χ4v) is 3.44. The van der Waals surface area contributed by atoms with Crippen LogP contribution in [0, 0.1) is 11.8 Å². The highest BCUT2D eigenvalue weighted by Crippen LogP contribution is 2.37. The minimum absolute atomic E-state index is 0.221. The van der Waals surface area contributed by atoms with Gasteiger partial charge >= 0.3 is 6.61 Å². The van der Waals surface area contributed by atoms with Crippen LogP contribution in [-0.2, 0) is 0 Å². The molecule has 0 aliphatic heterocycles. The molecule has 0 spiro atoms. The molecule has 4 heteroatoms. The van der Waals surface area contributed by atoms with Gasteiger partial charge in [-0.05, 0) is 48.9 Å². The largest absolute Gasteiger partial charge is 0.435 e. The molecule has 118 valence electrons. The Kier molecular flexibility index (Phi) is 5.97. The lowest BCUT2D eigenvalue weighted by atomic mass is 9.76. The molecule has 3 unspecified atom stereocenters. The summed E-state index contributed by atoms with van der Waals surface area (Å²) in [5, 5.41) is 3.53. The molecule has 21 heavy (non-hydrogen) atoms. The lowest BCUT2D eigenvalue weighted by Gasteiger charge is -2.34. The molecule has 0 aromatic heterocycles. The van der Waals surface area contributed by atoms with E-state index in [0.29, 0.717) is 5.92 Å². The van der Waals surface area contributed by atoms with Crippen molar-refractivity contribution in [3.63, 3.8) is 0 Å². The molecule has 0 saturated heterocycles. The van der Waals surface area contributed by atoms with Gasteiger partial charge in [0.25, 0.3) is 0 Å². The first-order valence-electron chi connectivity index (χ1n) is 7.88. The van der Waals surface area contributed by atoms with Gasteiger partial charge in [0.2, 0.25) is 0 Å². The number of benzene rings is 1. The Morgan fingerprint density at radius 1 is 1.33 bits per heavy atom.